The highest BCUT2D eigenvalue weighted by atomic mass is 16.5. The van der Waals surface area contributed by atoms with Crippen LogP contribution in [-0.4, -0.2) is 46.9 Å². The molecule has 0 saturated carbocycles. The number of para-hydroxylation sites is 1. The molecule has 4 nitrogen and oxygen atoms in total. The first-order valence-electron chi connectivity index (χ1n) is 9.38. The molecule has 0 spiro atoms. The molecule has 1 heterocycles. The van der Waals surface area contributed by atoms with E-state index in [1.165, 1.54) is 37.3 Å². The molecule has 26 heavy (non-hydrogen) atoms. The molecule has 0 amide bonds. The van der Waals surface area contributed by atoms with Crippen LogP contribution < -0.4 is 19.3 Å². The molecule has 0 aromatic heterocycles. The average molecular weight is 354 g/mol. The van der Waals surface area contributed by atoms with Crippen molar-refractivity contribution in [2.24, 2.45) is 0 Å². The maximum absolute atomic E-state index is 5.57. The first kappa shape index (κ1) is 18.5. The number of hydrogen-bond acceptors (Lipinski definition) is 2. The van der Waals surface area contributed by atoms with E-state index in [0.717, 1.165) is 24.6 Å². The summed E-state index contributed by atoms with van der Waals surface area (Å²) in [5, 5.41) is 0. The summed E-state index contributed by atoms with van der Waals surface area (Å²) in [6.45, 7) is 6.89. The Labute approximate surface area is 156 Å². The van der Waals surface area contributed by atoms with E-state index in [1.54, 1.807) is 24.0 Å². The molecule has 1 saturated heterocycles. The fraction of sp³-hybridized carbons (Fsp3) is 0.364. The number of rotatable bonds is 7. The molecule has 1 aliphatic heterocycles. The fourth-order valence-corrected chi connectivity index (χ4v) is 3.63. The number of piperazine rings is 1. The van der Waals surface area contributed by atoms with Gasteiger partial charge in [0.25, 0.3) is 0 Å². The first-order valence-corrected chi connectivity index (χ1v) is 9.38. The molecule has 3 rings (SSSR count). The Bertz CT molecular complexity index is 707. The van der Waals surface area contributed by atoms with Crippen LogP contribution in [0.3, 0.4) is 0 Å². The lowest BCUT2D eigenvalue weighted by atomic mass is 10.1. The summed E-state index contributed by atoms with van der Waals surface area (Å²) in [5.41, 5.74) is 2.51. The summed E-state index contributed by atoms with van der Waals surface area (Å²) in [7, 11) is 3.41. The minimum Gasteiger partial charge on any atom is -0.493 e. The van der Waals surface area contributed by atoms with Gasteiger partial charge in [0.15, 0.2) is 11.5 Å². The topological polar surface area (TPSA) is 27.3 Å². The Morgan fingerprint density at radius 2 is 1.58 bits per heavy atom. The van der Waals surface area contributed by atoms with Crippen molar-refractivity contribution in [3.63, 3.8) is 0 Å². The van der Waals surface area contributed by atoms with Crippen LogP contribution in [0.15, 0.2) is 54.6 Å². The zero-order chi connectivity index (χ0) is 18.2. The largest absolute Gasteiger partial charge is 0.493 e. The summed E-state index contributed by atoms with van der Waals surface area (Å²) >= 11 is 0. The van der Waals surface area contributed by atoms with E-state index >= 15 is 0 Å². The Balaban J connectivity index is 1.49. The number of methoxy groups -OCH3 is 2. The van der Waals surface area contributed by atoms with E-state index in [-0.39, 0.29) is 0 Å². The highest BCUT2D eigenvalue weighted by molar-refractivity contribution is 5.48. The van der Waals surface area contributed by atoms with Gasteiger partial charge in [0.05, 0.1) is 26.3 Å². The third-order valence-corrected chi connectivity index (χ3v) is 5.11. The molecule has 2 aromatic carbocycles. The third-order valence-electron chi connectivity index (χ3n) is 5.11. The van der Waals surface area contributed by atoms with Crippen molar-refractivity contribution < 1.29 is 19.3 Å². The molecule has 4 heteroatoms. The predicted molar refractivity (Wildman–Crippen MR) is 105 cm³/mol. The van der Waals surface area contributed by atoms with Gasteiger partial charge in [-0.15, -0.1) is 0 Å². The molecule has 2 N–H and O–H groups in total. The van der Waals surface area contributed by atoms with Crippen LogP contribution in [0.5, 0.6) is 11.5 Å². The maximum Gasteiger partial charge on any atom is 0.169 e. The minimum atomic E-state index is 0.819. The van der Waals surface area contributed by atoms with Crippen LogP contribution in [0.4, 0.5) is 0 Å². The Morgan fingerprint density at radius 1 is 0.846 bits per heavy atom. The monoisotopic (exact) mass is 354 g/mol. The molecule has 0 radical (unpaired) electrons. The lowest BCUT2D eigenvalue weighted by Gasteiger charge is -2.29. The van der Waals surface area contributed by atoms with Gasteiger partial charge in [0, 0.05) is 0 Å². The standard InChI is InChI=1S/C22H28N2O2/c1-25-21-12-6-11-20(22(21)26-2)18-24-16-14-23(15-17-24)13-7-10-19-8-4-3-5-9-19/h3-12H,13-18H2,1-2H3/p+2/b10-7+. The van der Waals surface area contributed by atoms with E-state index in [0.29, 0.717) is 0 Å². The van der Waals surface area contributed by atoms with Gasteiger partial charge in [-0.3, -0.25) is 0 Å². The van der Waals surface area contributed by atoms with Gasteiger partial charge in [-0.25, -0.2) is 0 Å². The summed E-state index contributed by atoms with van der Waals surface area (Å²) < 4.78 is 11.0. The Kier molecular flexibility index (Phi) is 6.69. The van der Waals surface area contributed by atoms with Gasteiger partial charge in [-0.05, 0) is 23.8 Å². The van der Waals surface area contributed by atoms with Crippen molar-refractivity contribution in [3.05, 3.63) is 65.7 Å². The van der Waals surface area contributed by atoms with E-state index in [4.69, 9.17) is 9.47 Å². The minimum absolute atomic E-state index is 0.819. The van der Waals surface area contributed by atoms with Crippen molar-refractivity contribution in [1.29, 1.82) is 0 Å². The number of hydrogen-bond donors (Lipinski definition) is 2. The molecule has 0 atom stereocenters. The van der Waals surface area contributed by atoms with Crippen molar-refractivity contribution in [2.45, 2.75) is 6.54 Å². The van der Waals surface area contributed by atoms with Crippen molar-refractivity contribution in [1.82, 2.24) is 0 Å². The number of quaternary nitrogens is 2. The van der Waals surface area contributed by atoms with Crippen LogP contribution in [-0.2, 0) is 6.54 Å². The summed E-state index contributed by atoms with van der Waals surface area (Å²) in [6.07, 6.45) is 4.54. The summed E-state index contributed by atoms with van der Waals surface area (Å²) in [4.78, 5) is 3.28. The lowest BCUT2D eigenvalue weighted by molar-refractivity contribution is -1.02. The van der Waals surface area contributed by atoms with Gasteiger partial charge in [0.1, 0.15) is 32.7 Å². The van der Waals surface area contributed by atoms with Crippen LogP contribution >= 0.6 is 0 Å². The van der Waals surface area contributed by atoms with Crippen molar-refractivity contribution >= 4 is 6.08 Å². The van der Waals surface area contributed by atoms with Crippen LogP contribution in [0.25, 0.3) is 6.08 Å². The van der Waals surface area contributed by atoms with Gasteiger partial charge in [0.2, 0.25) is 0 Å². The molecule has 0 bridgehead atoms. The summed E-state index contributed by atoms with van der Waals surface area (Å²) in [5.74, 6) is 1.70. The van der Waals surface area contributed by atoms with Gasteiger partial charge < -0.3 is 19.3 Å². The smallest absolute Gasteiger partial charge is 0.169 e. The molecule has 1 aliphatic rings. The Morgan fingerprint density at radius 3 is 2.27 bits per heavy atom. The van der Waals surface area contributed by atoms with Crippen LogP contribution in [0, 0.1) is 0 Å². The SMILES string of the molecule is COc1cccc(C[NH+]2CC[NH+](C/C=C/c3ccccc3)CC2)c1OC. The maximum atomic E-state index is 5.57. The second-order valence-electron chi connectivity index (χ2n) is 6.85. The molecular formula is C22H30N2O2+2. The molecule has 138 valence electrons. The van der Waals surface area contributed by atoms with Crippen LogP contribution in [0.2, 0.25) is 0 Å². The predicted octanol–water partition coefficient (Wildman–Crippen LogP) is 0.701. The van der Waals surface area contributed by atoms with E-state index < -0.39 is 0 Å². The zero-order valence-corrected chi connectivity index (χ0v) is 15.8. The first-order chi connectivity index (χ1) is 12.8. The molecule has 2 aromatic rings. The van der Waals surface area contributed by atoms with Crippen molar-refractivity contribution in [3.8, 4) is 11.5 Å². The van der Waals surface area contributed by atoms with Gasteiger partial charge in [-0.1, -0.05) is 42.5 Å². The second-order valence-corrected chi connectivity index (χ2v) is 6.85. The Hall–Kier alpha value is -2.30. The van der Waals surface area contributed by atoms with E-state index in [1.807, 2.05) is 12.1 Å². The molecule has 0 aliphatic carbocycles. The third kappa shape index (κ3) is 4.87. The normalized spacial score (nSPS) is 20.2. The van der Waals surface area contributed by atoms with Gasteiger partial charge in [-0.2, -0.15) is 0 Å². The lowest BCUT2D eigenvalue weighted by Crippen LogP contribution is -3.27. The summed E-state index contributed by atoms with van der Waals surface area (Å²) in [6, 6.07) is 16.7. The molecule has 1 fully saturated rings. The van der Waals surface area contributed by atoms with E-state index in [9.17, 15) is 0 Å². The fourth-order valence-electron chi connectivity index (χ4n) is 3.63. The number of benzene rings is 2. The molecule has 0 unspecified atom stereocenters. The highest BCUT2D eigenvalue weighted by Gasteiger charge is 2.23. The second kappa shape index (κ2) is 9.41. The highest BCUT2D eigenvalue weighted by Crippen LogP contribution is 2.30. The number of nitrogens with one attached hydrogen (secondary N) is 2. The van der Waals surface area contributed by atoms with E-state index in [2.05, 4.69) is 48.6 Å². The molecular weight excluding hydrogens is 324 g/mol. The quantitative estimate of drug-likeness (QED) is 0.766. The van der Waals surface area contributed by atoms with Gasteiger partial charge >= 0.3 is 0 Å². The average Bonchev–Trinajstić information content (AvgIpc) is 2.70. The van der Waals surface area contributed by atoms with Crippen molar-refractivity contribution in [2.75, 3.05) is 46.9 Å². The van der Waals surface area contributed by atoms with Crippen LogP contribution in [0.1, 0.15) is 11.1 Å². The number of ether oxygens (including phenoxy) is 2. The zero-order valence-electron chi connectivity index (χ0n) is 15.8.